The van der Waals surface area contributed by atoms with Gasteiger partial charge in [0, 0.05) is 10.7 Å². The van der Waals surface area contributed by atoms with E-state index in [4.69, 9.17) is 4.74 Å². The highest BCUT2D eigenvalue weighted by molar-refractivity contribution is 9.10. The van der Waals surface area contributed by atoms with E-state index >= 15 is 0 Å². The van der Waals surface area contributed by atoms with Crippen molar-refractivity contribution in [1.29, 1.82) is 0 Å². The summed E-state index contributed by atoms with van der Waals surface area (Å²) < 4.78 is 5.83. The number of carbonyl (C=O) groups is 1. The van der Waals surface area contributed by atoms with E-state index in [1.54, 1.807) is 37.6 Å². The van der Waals surface area contributed by atoms with Gasteiger partial charge in [-0.1, -0.05) is 0 Å². The summed E-state index contributed by atoms with van der Waals surface area (Å²) >= 11 is 3.36. The molecule has 0 aliphatic rings. The summed E-state index contributed by atoms with van der Waals surface area (Å²) in [6.45, 7) is 2.16. The number of amides is 1. The molecule has 2 aromatic rings. The number of nitrogens with zero attached hydrogens (tertiary/aromatic N) is 2. The standard InChI is InChI=1S/C14H14BrN3O2/c1-9-16-6-5-10(18-9)8-17-14(19)12-7-11(20-2)3-4-13(12)15/h3-7H,8H2,1-2H3,(H,17,19). The van der Waals surface area contributed by atoms with Crippen LogP contribution >= 0.6 is 15.9 Å². The molecule has 0 saturated carbocycles. The van der Waals surface area contributed by atoms with Gasteiger partial charge in [0.05, 0.1) is 24.9 Å². The van der Waals surface area contributed by atoms with Crippen molar-refractivity contribution in [3.63, 3.8) is 0 Å². The predicted octanol–water partition coefficient (Wildman–Crippen LogP) is 2.49. The number of hydrogen-bond acceptors (Lipinski definition) is 4. The highest BCUT2D eigenvalue weighted by atomic mass is 79.9. The van der Waals surface area contributed by atoms with Crippen molar-refractivity contribution in [3.05, 3.63) is 52.0 Å². The van der Waals surface area contributed by atoms with Crippen LogP contribution in [0.15, 0.2) is 34.9 Å². The van der Waals surface area contributed by atoms with Gasteiger partial charge in [-0.2, -0.15) is 0 Å². The highest BCUT2D eigenvalue weighted by Crippen LogP contribution is 2.22. The maximum atomic E-state index is 12.2. The SMILES string of the molecule is COc1ccc(Br)c(C(=O)NCc2ccnc(C)n2)c1. The summed E-state index contributed by atoms with van der Waals surface area (Å²) in [6, 6.07) is 7.02. The molecule has 1 N–H and O–H groups in total. The first-order valence-corrected chi connectivity index (χ1v) is 6.79. The third-order valence-corrected chi connectivity index (χ3v) is 3.37. The van der Waals surface area contributed by atoms with Crippen molar-refractivity contribution in [3.8, 4) is 5.75 Å². The molecule has 104 valence electrons. The molecule has 1 heterocycles. The van der Waals surface area contributed by atoms with Gasteiger partial charge in [0.25, 0.3) is 5.91 Å². The molecule has 5 nitrogen and oxygen atoms in total. The molecule has 0 radical (unpaired) electrons. The fourth-order valence-electron chi connectivity index (χ4n) is 1.68. The van der Waals surface area contributed by atoms with Gasteiger partial charge in [-0.3, -0.25) is 4.79 Å². The van der Waals surface area contributed by atoms with Gasteiger partial charge >= 0.3 is 0 Å². The monoisotopic (exact) mass is 335 g/mol. The number of aromatic nitrogens is 2. The number of ether oxygens (including phenoxy) is 1. The fourth-order valence-corrected chi connectivity index (χ4v) is 2.10. The Morgan fingerprint density at radius 1 is 1.40 bits per heavy atom. The van der Waals surface area contributed by atoms with Crippen LogP contribution < -0.4 is 10.1 Å². The summed E-state index contributed by atoms with van der Waals surface area (Å²) in [7, 11) is 1.56. The maximum Gasteiger partial charge on any atom is 0.252 e. The van der Waals surface area contributed by atoms with Crippen LogP contribution in [-0.2, 0) is 6.54 Å². The normalized spacial score (nSPS) is 10.2. The fraction of sp³-hybridized carbons (Fsp3) is 0.214. The molecule has 2 rings (SSSR count). The van der Waals surface area contributed by atoms with E-state index in [-0.39, 0.29) is 5.91 Å². The zero-order valence-corrected chi connectivity index (χ0v) is 12.8. The van der Waals surface area contributed by atoms with Gasteiger partial charge in [-0.25, -0.2) is 9.97 Å². The Hall–Kier alpha value is -1.95. The third-order valence-electron chi connectivity index (χ3n) is 2.68. The second-order valence-electron chi connectivity index (χ2n) is 4.12. The number of hydrogen-bond donors (Lipinski definition) is 1. The van der Waals surface area contributed by atoms with E-state index in [2.05, 4.69) is 31.2 Å². The molecule has 20 heavy (non-hydrogen) atoms. The Balaban J connectivity index is 2.08. The first-order valence-electron chi connectivity index (χ1n) is 6.00. The lowest BCUT2D eigenvalue weighted by Gasteiger charge is -2.08. The second kappa shape index (κ2) is 6.47. The largest absolute Gasteiger partial charge is 0.497 e. The van der Waals surface area contributed by atoms with E-state index in [9.17, 15) is 4.79 Å². The summed E-state index contributed by atoms with van der Waals surface area (Å²) in [6.07, 6.45) is 1.67. The van der Waals surface area contributed by atoms with E-state index in [0.29, 0.717) is 23.7 Å². The lowest BCUT2D eigenvalue weighted by molar-refractivity contribution is 0.0949. The molecule has 1 aromatic heterocycles. The number of carbonyl (C=O) groups excluding carboxylic acids is 1. The van der Waals surface area contributed by atoms with Crippen molar-refractivity contribution in [2.24, 2.45) is 0 Å². The van der Waals surface area contributed by atoms with Gasteiger partial charge in [0.15, 0.2) is 0 Å². The number of nitrogens with one attached hydrogen (secondary N) is 1. The van der Waals surface area contributed by atoms with Gasteiger partial charge in [0.1, 0.15) is 11.6 Å². The quantitative estimate of drug-likeness (QED) is 0.932. The minimum atomic E-state index is -0.188. The summed E-state index contributed by atoms with van der Waals surface area (Å²) in [5.74, 6) is 1.13. The van der Waals surface area contributed by atoms with Gasteiger partial charge in [-0.15, -0.1) is 0 Å². The molecular formula is C14H14BrN3O2. The van der Waals surface area contributed by atoms with E-state index in [1.165, 1.54) is 0 Å². The smallest absolute Gasteiger partial charge is 0.252 e. The lowest BCUT2D eigenvalue weighted by atomic mass is 10.2. The van der Waals surface area contributed by atoms with E-state index < -0.39 is 0 Å². The molecule has 0 bridgehead atoms. The third kappa shape index (κ3) is 3.54. The molecule has 1 amide bonds. The molecule has 0 spiro atoms. The number of halogens is 1. The number of rotatable bonds is 4. The van der Waals surface area contributed by atoms with Gasteiger partial charge in [0.2, 0.25) is 0 Å². The van der Waals surface area contributed by atoms with E-state index in [0.717, 1.165) is 10.2 Å². The lowest BCUT2D eigenvalue weighted by Crippen LogP contribution is -2.23. The summed E-state index contributed by atoms with van der Waals surface area (Å²) in [5.41, 5.74) is 1.29. The summed E-state index contributed by atoms with van der Waals surface area (Å²) in [4.78, 5) is 20.4. The topological polar surface area (TPSA) is 64.1 Å². The van der Waals surface area contributed by atoms with Crippen LogP contribution in [0.4, 0.5) is 0 Å². The Kier molecular flexibility index (Phi) is 4.68. The number of aryl methyl sites for hydroxylation is 1. The Bertz CT molecular complexity index is 632. The zero-order valence-electron chi connectivity index (χ0n) is 11.2. The van der Waals surface area contributed by atoms with Crippen molar-refractivity contribution in [2.75, 3.05) is 7.11 Å². The average Bonchev–Trinajstić information content (AvgIpc) is 2.45. The van der Waals surface area contributed by atoms with Crippen molar-refractivity contribution in [1.82, 2.24) is 15.3 Å². The Labute approximate surface area is 125 Å². The minimum absolute atomic E-state index is 0.188. The van der Waals surface area contributed by atoms with Crippen LogP contribution in [0.5, 0.6) is 5.75 Å². The van der Waals surface area contributed by atoms with Crippen LogP contribution in [0, 0.1) is 6.92 Å². The molecule has 0 fully saturated rings. The zero-order chi connectivity index (χ0) is 14.5. The van der Waals surface area contributed by atoms with Crippen molar-refractivity contribution >= 4 is 21.8 Å². The molecule has 0 saturated heterocycles. The molecule has 0 unspecified atom stereocenters. The van der Waals surface area contributed by atoms with Crippen LogP contribution in [-0.4, -0.2) is 23.0 Å². The number of benzene rings is 1. The molecule has 0 aliphatic heterocycles. The van der Waals surface area contributed by atoms with E-state index in [1.807, 2.05) is 6.92 Å². The highest BCUT2D eigenvalue weighted by Gasteiger charge is 2.11. The van der Waals surface area contributed by atoms with Crippen molar-refractivity contribution < 1.29 is 9.53 Å². The predicted molar refractivity (Wildman–Crippen MR) is 78.6 cm³/mol. The van der Waals surface area contributed by atoms with Crippen LogP contribution in [0.2, 0.25) is 0 Å². The van der Waals surface area contributed by atoms with Crippen LogP contribution in [0.25, 0.3) is 0 Å². The molecule has 0 aliphatic carbocycles. The molecule has 1 aromatic carbocycles. The average molecular weight is 336 g/mol. The maximum absolute atomic E-state index is 12.2. The Morgan fingerprint density at radius 3 is 2.90 bits per heavy atom. The first kappa shape index (κ1) is 14.5. The number of methoxy groups -OCH3 is 1. The van der Waals surface area contributed by atoms with Gasteiger partial charge < -0.3 is 10.1 Å². The molecular weight excluding hydrogens is 322 g/mol. The van der Waals surface area contributed by atoms with Crippen LogP contribution in [0.1, 0.15) is 21.9 Å². The molecule has 6 heteroatoms. The Morgan fingerprint density at radius 2 is 2.20 bits per heavy atom. The molecule has 0 atom stereocenters. The summed E-state index contributed by atoms with van der Waals surface area (Å²) in [5, 5.41) is 2.82. The van der Waals surface area contributed by atoms with Crippen LogP contribution in [0.3, 0.4) is 0 Å². The first-order chi connectivity index (χ1) is 9.60. The minimum Gasteiger partial charge on any atom is -0.497 e. The van der Waals surface area contributed by atoms with Gasteiger partial charge in [-0.05, 0) is 47.1 Å². The van der Waals surface area contributed by atoms with Crippen molar-refractivity contribution in [2.45, 2.75) is 13.5 Å². The second-order valence-corrected chi connectivity index (χ2v) is 4.98.